The molecule has 1 saturated heterocycles. The summed E-state index contributed by atoms with van der Waals surface area (Å²) in [4.78, 5) is 18.6. The lowest BCUT2D eigenvalue weighted by Crippen LogP contribution is -2.41. The van der Waals surface area contributed by atoms with Crippen LogP contribution in [0.4, 0.5) is 0 Å². The summed E-state index contributed by atoms with van der Waals surface area (Å²) in [7, 11) is 0. The first-order valence-corrected chi connectivity index (χ1v) is 9.24. The number of likely N-dealkylation sites (tertiary alicyclic amines) is 1. The summed E-state index contributed by atoms with van der Waals surface area (Å²) < 4.78 is 12.0. The van der Waals surface area contributed by atoms with Crippen LogP contribution in [-0.4, -0.2) is 40.1 Å². The zero-order valence-electron chi connectivity index (χ0n) is 13.6. The van der Waals surface area contributed by atoms with Gasteiger partial charge in [-0.3, -0.25) is 4.79 Å². The van der Waals surface area contributed by atoms with Crippen LogP contribution in [0.5, 0.6) is 5.19 Å². The first kappa shape index (κ1) is 16.4. The number of piperidine rings is 1. The van der Waals surface area contributed by atoms with E-state index in [9.17, 15) is 4.79 Å². The number of nitrogens with zero attached hydrogens (tertiary/aromatic N) is 3. The predicted molar refractivity (Wildman–Crippen MR) is 95.4 cm³/mol. The van der Waals surface area contributed by atoms with Crippen molar-refractivity contribution in [3.63, 3.8) is 0 Å². The smallest absolute Gasteiger partial charge is 0.276 e. The van der Waals surface area contributed by atoms with E-state index < -0.39 is 0 Å². The maximum absolute atomic E-state index is 12.4. The van der Waals surface area contributed by atoms with Gasteiger partial charge in [0.05, 0.1) is 9.72 Å². The first-order chi connectivity index (χ1) is 12.1. The molecule has 1 amide bonds. The lowest BCUT2D eigenvalue weighted by atomic mass is 10.1. The normalized spacial score (nSPS) is 15.7. The average Bonchev–Trinajstić information content (AvgIpc) is 3.22. The Kier molecular flexibility index (Phi) is 4.35. The Bertz CT molecular complexity index is 915. The molecule has 4 rings (SSSR count). The number of ether oxygens (including phenoxy) is 1. The highest BCUT2D eigenvalue weighted by Gasteiger charge is 2.27. The molecule has 3 heterocycles. The van der Waals surface area contributed by atoms with E-state index in [0.29, 0.717) is 34.8 Å². The van der Waals surface area contributed by atoms with Crippen molar-refractivity contribution in [2.24, 2.45) is 0 Å². The van der Waals surface area contributed by atoms with E-state index >= 15 is 0 Å². The number of halogens is 1. The second kappa shape index (κ2) is 6.65. The van der Waals surface area contributed by atoms with E-state index in [-0.39, 0.29) is 12.0 Å². The number of carbonyl (C=O) groups is 1. The van der Waals surface area contributed by atoms with Gasteiger partial charge in [0.15, 0.2) is 5.69 Å². The zero-order valence-corrected chi connectivity index (χ0v) is 15.1. The van der Waals surface area contributed by atoms with E-state index in [1.807, 2.05) is 18.2 Å². The van der Waals surface area contributed by atoms with Gasteiger partial charge in [-0.2, -0.15) is 0 Å². The van der Waals surface area contributed by atoms with E-state index in [2.05, 4.69) is 10.1 Å². The van der Waals surface area contributed by atoms with Crippen LogP contribution < -0.4 is 4.74 Å². The summed E-state index contributed by atoms with van der Waals surface area (Å²) in [6, 6.07) is 7.37. The van der Waals surface area contributed by atoms with Crippen LogP contribution in [0, 0.1) is 6.92 Å². The minimum absolute atomic E-state index is 0.0439. The monoisotopic (exact) mass is 377 g/mol. The van der Waals surface area contributed by atoms with Crippen LogP contribution in [0.3, 0.4) is 0 Å². The number of hydrogen-bond acceptors (Lipinski definition) is 6. The summed E-state index contributed by atoms with van der Waals surface area (Å²) >= 11 is 7.65. The van der Waals surface area contributed by atoms with Gasteiger partial charge in [-0.15, -0.1) is 0 Å². The molecule has 3 aromatic rings. The molecule has 0 bridgehead atoms. The second-order valence-electron chi connectivity index (χ2n) is 6.00. The number of benzene rings is 1. The molecule has 0 N–H and O–H groups in total. The number of fused-ring (bicyclic) bond motifs is 1. The fourth-order valence-corrected chi connectivity index (χ4v) is 4.07. The number of hydrogen-bond donors (Lipinski definition) is 0. The van der Waals surface area contributed by atoms with Crippen LogP contribution in [0.25, 0.3) is 10.2 Å². The molecule has 8 heteroatoms. The Labute approximate surface area is 153 Å². The summed E-state index contributed by atoms with van der Waals surface area (Å²) in [6.45, 7) is 3.02. The molecule has 0 saturated carbocycles. The first-order valence-electron chi connectivity index (χ1n) is 8.04. The Morgan fingerprint density at radius 3 is 2.88 bits per heavy atom. The van der Waals surface area contributed by atoms with E-state index in [0.717, 1.165) is 23.1 Å². The molecule has 6 nitrogen and oxygen atoms in total. The molecule has 0 aliphatic carbocycles. The minimum Gasteiger partial charge on any atom is -0.467 e. The fraction of sp³-hybridized carbons (Fsp3) is 0.353. The van der Waals surface area contributed by atoms with Crippen LogP contribution in [0.1, 0.15) is 29.1 Å². The highest BCUT2D eigenvalue weighted by atomic mass is 35.5. The number of aromatic nitrogens is 2. The number of carbonyl (C=O) groups excluding carboxylic acids is 1. The molecule has 1 fully saturated rings. The van der Waals surface area contributed by atoms with Crippen molar-refractivity contribution < 1.29 is 14.1 Å². The third kappa shape index (κ3) is 3.34. The van der Waals surface area contributed by atoms with Crippen molar-refractivity contribution >= 4 is 39.1 Å². The van der Waals surface area contributed by atoms with Crippen molar-refractivity contribution in [2.75, 3.05) is 13.1 Å². The Hall–Kier alpha value is -2.12. The van der Waals surface area contributed by atoms with Gasteiger partial charge in [-0.1, -0.05) is 34.2 Å². The van der Waals surface area contributed by atoms with E-state index in [1.165, 1.54) is 11.3 Å². The van der Waals surface area contributed by atoms with E-state index in [4.69, 9.17) is 20.9 Å². The lowest BCUT2D eigenvalue weighted by molar-refractivity contribution is 0.0586. The van der Waals surface area contributed by atoms with Crippen LogP contribution >= 0.6 is 22.9 Å². The summed E-state index contributed by atoms with van der Waals surface area (Å²) in [5, 5.41) is 5.05. The van der Waals surface area contributed by atoms with Gasteiger partial charge in [-0.25, -0.2) is 4.98 Å². The molecular formula is C17H16ClN3O3S. The van der Waals surface area contributed by atoms with Crippen LogP contribution in [0.2, 0.25) is 5.02 Å². The Balaban J connectivity index is 1.38. The molecule has 1 aliphatic heterocycles. The number of para-hydroxylation sites is 1. The lowest BCUT2D eigenvalue weighted by Gasteiger charge is -2.31. The van der Waals surface area contributed by atoms with Gasteiger partial charge in [-0.05, 0) is 19.1 Å². The maximum Gasteiger partial charge on any atom is 0.276 e. The molecule has 25 heavy (non-hydrogen) atoms. The largest absolute Gasteiger partial charge is 0.467 e. The minimum atomic E-state index is -0.0953. The zero-order chi connectivity index (χ0) is 17.4. The number of amides is 1. The Morgan fingerprint density at radius 2 is 2.20 bits per heavy atom. The molecule has 1 aromatic carbocycles. The highest BCUT2D eigenvalue weighted by molar-refractivity contribution is 7.20. The quantitative estimate of drug-likeness (QED) is 0.691. The molecule has 0 atom stereocenters. The number of rotatable bonds is 3. The standard InChI is InChI=1S/C17H16ClN3O3S/c1-10-9-13(20-24-10)16(22)21-7-5-11(6-8-21)23-17-19-15-12(18)3-2-4-14(15)25-17/h2-4,9,11H,5-8H2,1H3. The number of aryl methyl sites for hydroxylation is 1. The molecule has 2 aromatic heterocycles. The molecular weight excluding hydrogens is 362 g/mol. The SMILES string of the molecule is Cc1cc(C(=O)N2CCC(Oc3nc4c(Cl)cccc4s3)CC2)no1. The average molecular weight is 378 g/mol. The van der Waals surface area contributed by atoms with Gasteiger partial charge in [0.2, 0.25) is 0 Å². The van der Waals surface area contributed by atoms with Crippen LogP contribution in [-0.2, 0) is 0 Å². The fourth-order valence-electron chi connectivity index (χ4n) is 2.89. The molecule has 0 unspecified atom stereocenters. The Morgan fingerprint density at radius 1 is 1.40 bits per heavy atom. The van der Waals surface area contributed by atoms with Crippen molar-refractivity contribution in [3.8, 4) is 5.19 Å². The molecule has 0 spiro atoms. The third-order valence-electron chi connectivity index (χ3n) is 4.19. The summed E-state index contributed by atoms with van der Waals surface area (Å²) in [6.07, 6.45) is 1.56. The second-order valence-corrected chi connectivity index (χ2v) is 7.40. The van der Waals surface area contributed by atoms with Crippen molar-refractivity contribution in [1.82, 2.24) is 15.0 Å². The third-order valence-corrected chi connectivity index (χ3v) is 5.41. The van der Waals surface area contributed by atoms with E-state index in [1.54, 1.807) is 17.9 Å². The predicted octanol–water partition coefficient (Wildman–Crippen LogP) is 3.93. The molecule has 130 valence electrons. The van der Waals surface area contributed by atoms with Gasteiger partial charge in [0.25, 0.3) is 11.1 Å². The van der Waals surface area contributed by atoms with Gasteiger partial charge in [0, 0.05) is 32.0 Å². The van der Waals surface area contributed by atoms with Crippen LogP contribution in [0.15, 0.2) is 28.8 Å². The van der Waals surface area contributed by atoms with Crippen molar-refractivity contribution in [3.05, 3.63) is 40.7 Å². The van der Waals surface area contributed by atoms with Gasteiger partial charge in [0.1, 0.15) is 17.4 Å². The molecule has 0 radical (unpaired) electrons. The van der Waals surface area contributed by atoms with Crippen molar-refractivity contribution in [2.45, 2.75) is 25.9 Å². The van der Waals surface area contributed by atoms with Gasteiger partial charge >= 0.3 is 0 Å². The maximum atomic E-state index is 12.4. The van der Waals surface area contributed by atoms with Crippen molar-refractivity contribution in [1.29, 1.82) is 0 Å². The summed E-state index contributed by atoms with van der Waals surface area (Å²) in [5.74, 6) is 0.540. The van der Waals surface area contributed by atoms with Gasteiger partial charge < -0.3 is 14.2 Å². The topological polar surface area (TPSA) is 68.5 Å². The summed E-state index contributed by atoms with van der Waals surface area (Å²) in [5.41, 5.74) is 1.14. The molecule has 1 aliphatic rings. The number of thiazole rings is 1. The highest BCUT2D eigenvalue weighted by Crippen LogP contribution is 2.33.